The molecule has 0 atom stereocenters. The second kappa shape index (κ2) is 4.83. The first-order valence-corrected chi connectivity index (χ1v) is 4.39. The van der Waals surface area contributed by atoms with E-state index in [1.807, 2.05) is 43.5 Å². The zero-order valence-electron chi connectivity index (χ0n) is 7.05. The standard InChI is InChI=1S/C10H12ClN/c1-9(7-11)8-12-10-5-3-2-4-6-10/h2-6,8,12H,7H2,1H3. The molecule has 64 valence electrons. The highest BCUT2D eigenvalue weighted by Gasteiger charge is 1.86. The zero-order chi connectivity index (χ0) is 8.81. The average Bonchev–Trinajstić information content (AvgIpc) is 2.16. The van der Waals surface area contributed by atoms with Crippen LogP contribution in [0.5, 0.6) is 0 Å². The van der Waals surface area contributed by atoms with Gasteiger partial charge in [-0.05, 0) is 24.6 Å². The minimum absolute atomic E-state index is 0.569. The molecular weight excluding hydrogens is 170 g/mol. The Morgan fingerprint density at radius 2 is 2.08 bits per heavy atom. The number of alkyl halides is 1. The van der Waals surface area contributed by atoms with E-state index in [0.717, 1.165) is 11.3 Å². The number of halogens is 1. The van der Waals surface area contributed by atoms with Crippen LogP contribution in [0.3, 0.4) is 0 Å². The van der Waals surface area contributed by atoms with E-state index in [0.29, 0.717) is 5.88 Å². The van der Waals surface area contributed by atoms with Gasteiger partial charge in [-0.15, -0.1) is 11.6 Å². The molecule has 0 amide bonds. The highest BCUT2D eigenvalue weighted by molar-refractivity contribution is 6.19. The third-order valence-electron chi connectivity index (χ3n) is 1.47. The Kier molecular flexibility index (Phi) is 3.68. The Balaban J connectivity index is 2.54. The zero-order valence-corrected chi connectivity index (χ0v) is 7.81. The van der Waals surface area contributed by atoms with Crippen molar-refractivity contribution in [2.45, 2.75) is 6.92 Å². The summed E-state index contributed by atoms with van der Waals surface area (Å²) in [5, 5.41) is 3.15. The summed E-state index contributed by atoms with van der Waals surface area (Å²) in [4.78, 5) is 0. The molecule has 1 aromatic rings. The Bertz CT molecular complexity index is 254. The largest absolute Gasteiger partial charge is 0.362 e. The maximum Gasteiger partial charge on any atom is 0.0447 e. The second-order valence-corrected chi connectivity index (χ2v) is 2.90. The fourth-order valence-corrected chi connectivity index (χ4v) is 0.857. The molecule has 0 heterocycles. The van der Waals surface area contributed by atoms with Crippen LogP contribution in [-0.2, 0) is 0 Å². The van der Waals surface area contributed by atoms with Crippen molar-refractivity contribution in [2.24, 2.45) is 0 Å². The van der Waals surface area contributed by atoms with Crippen LogP contribution in [0.25, 0.3) is 0 Å². The summed E-state index contributed by atoms with van der Waals surface area (Å²) in [7, 11) is 0. The van der Waals surface area contributed by atoms with Crippen LogP contribution in [0.4, 0.5) is 5.69 Å². The number of para-hydroxylation sites is 1. The molecule has 1 rings (SSSR count). The average molecular weight is 182 g/mol. The normalized spacial score (nSPS) is 11.3. The fraction of sp³-hybridized carbons (Fsp3) is 0.200. The molecule has 1 aromatic carbocycles. The summed E-state index contributed by atoms with van der Waals surface area (Å²) in [6, 6.07) is 10.00. The van der Waals surface area contributed by atoms with Crippen LogP contribution in [0.2, 0.25) is 0 Å². The molecule has 0 aliphatic heterocycles. The lowest BCUT2D eigenvalue weighted by atomic mass is 10.3. The minimum atomic E-state index is 0.569. The molecule has 2 heteroatoms. The molecule has 12 heavy (non-hydrogen) atoms. The van der Waals surface area contributed by atoms with Gasteiger partial charge in [-0.3, -0.25) is 0 Å². The van der Waals surface area contributed by atoms with Crippen molar-refractivity contribution >= 4 is 17.3 Å². The lowest BCUT2D eigenvalue weighted by Crippen LogP contribution is -1.89. The summed E-state index contributed by atoms with van der Waals surface area (Å²) in [5.41, 5.74) is 2.21. The molecule has 0 aliphatic rings. The number of allylic oxidation sites excluding steroid dienone is 1. The number of anilines is 1. The maximum absolute atomic E-state index is 5.61. The quantitative estimate of drug-likeness (QED) is 0.706. The molecule has 1 nitrogen and oxygen atoms in total. The first kappa shape index (κ1) is 9.14. The lowest BCUT2D eigenvalue weighted by Gasteiger charge is -2.00. The topological polar surface area (TPSA) is 12.0 Å². The molecule has 0 aliphatic carbocycles. The molecule has 0 spiro atoms. The third kappa shape index (κ3) is 2.97. The van der Waals surface area contributed by atoms with Crippen LogP contribution in [0, 0.1) is 0 Å². The summed E-state index contributed by atoms with van der Waals surface area (Å²) in [5.74, 6) is 0.569. The SMILES string of the molecule is CC(=CNc1ccccc1)CCl. The number of hydrogen-bond donors (Lipinski definition) is 1. The first-order chi connectivity index (χ1) is 5.83. The van der Waals surface area contributed by atoms with Crippen molar-refractivity contribution in [2.75, 3.05) is 11.2 Å². The van der Waals surface area contributed by atoms with Crippen molar-refractivity contribution in [3.05, 3.63) is 42.1 Å². The molecule has 0 bridgehead atoms. The second-order valence-electron chi connectivity index (χ2n) is 2.63. The van der Waals surface area contributed by atoms with Gasteiger partial charge in [-0.25, -0.2) is 0 Å². The predicted molar refractivity (Wildman–Crippen MR) is 54.5 cm³/mol. The van der Waals surface area contributed by atoms with E-state index in [-0.39, 0.29) is 0 Å². The summed E-state index contributed by atoms with van der Waals surface area (Å²) in [6.07, 6.45) is 1.92. The molecule has 0 radical (unpaired) electrons. The van der Waals surface area contributed by atoms with E-state index in [9.17, 15) is 0 Å². The highest BCUT2D eigenvalue weighted by Crippen LogP contribution is 2.05. The van der Waals surface area contributed by atoms with Crippen LogP contribution in [-0.4, -0.2) is 5.88 Å². The summed E-state index contributed by atoms with van der Waals surface area (Å²) >= 11 is 5.61. The van der Waals surface area contributed by atoms with Gasteiger partial charge in [0.1, 0.15) is 0 Å². The number of hydrogen-bond acceptors (Lipinski definition) is 1. The van der Waals surface area contributed by atoms with E-state index >= 15 is 0 Å². The Morgan fingerprint density at radius 3 is 2.67 bits per heavy atom. The molecule has 0 saturated heterocycles. The van der Waals surface area contributed by atoms with Gasteiger partial charge in [0.2, 0.25) is 0 Å². The van der Waals surface area contributed by atoms with E-state index < -0.39 is 0 Å². The lowest BCUT2D eigenvalue weighted by molar-refractivity contribution is 1.37. The van der Waals surface area contributed by atoms with Gasteiger partial charge in [-0.2, -0.15) is 0 Å². The molecular formula is C10H12ClN. The van der Waals surface area contributed by atoms with E-state index in [1.165, 1.54) is 0 Å². The Hall–Kier alpha value is -0.950. The van der Waals surface area contributed by atoms with E-state index in [1.54, 1.807) is 0 Å². The number of rotatable bonds is 3. The van der Waals surface area contributed by atoms with E-state index in [4.69, 9.17) is 11.6 Å². The number of benzene rings is 1. The maximum atomic E-state index is 5.61. The fourth-order valence-electron chi connectivity index (χ4n) is 0.779. The van der Waals surface area contributed by atoms with Crippen molar-refractivity contribution < 1.29 is 0 Å². The third-order valence-corrected chi connectivity index (χ3v) is 1.89. The van der Waals surface area contributed by atoms with Gasteiger partial charge in [0.05, 0.1) is 0 Å². The molecule has 0 saturated carbocycles. The Morgan fingerprint density at radius 1 is 1.42 bits per heavy atom. The van der Waals surface area contributed by atoms with Crippen molar-refractivity contribution in [3.8, 4) is 0 Å². The molecule has 1 N–H and O–H groups in total. The summed E-state index contributed by atoms with van der Waals surface area (Å²) < 4.78 is 0. The number of nitrogens with one attached hydrogen (secondary N) is 1. The first-order valence-electron chi connectivity index (χ1n) is 3.86. The van der Waals surface area contributed by atoms with Crippen molar-refractivity contribution in [1.29, 1.82) is 0 Å². The van der Waals surface area contributed by atoms with Crippen LogP contribution >= 0.6 is 11.6 Å². The summed E-state index contributed by atoms with van der Waals surface area (Å²) in [6.45, 7) is 1.99. The monoisotopic (exact) mass is 181 g/mol. The van der Waals surface area contributed by atoms with Gasteiger partial charge in [0.25, 0.3) is 0 Å². The van der Waals surface area contributed by atoms with E-state index in [2.05, 4.69) is 5.32 Å². The van der Waals surface area contributed by atoms with Crippen molar-refractivity contribution in [3.63, 3.8) is 0 Å². The predicted octanol–water partition coefficient (Wildman–Crippen LogP) is 3.24. The molecule has 0 unspecified atom stereocenters. The minimum Gasteiger partial charge on any atom is -0.362 e. The van der Waals surface area contributed by atoms with Crippen LogP contribution in [0.15, 0.2) is 42.1 Å². The van der Waals surface area contributed by atoms with Gasteiger partial charge in [0.15, 0.2) is 0 Å². The highest BCUT2D eigenvalue weighted by atomic mass is 35.5. The van der Waals surface area contributed by atoms with Crippen molar-refractivity contribution in [1.82, 2.24) is 0 Å². The van der Waals surface area contributed by atoms with Gasteiger partial charge < -0.3 is 5.32 Å². The van der Waals surface area contributed by atoms with Gasteiger partial charge in [0, 0.05) is 17.8 Å². The van der Waals surface area contributed by atoms with Crippen LogP contribution < -0.4 is 5.32 Å². The smallest absolute Gasteiger partial charge is 0.0447 e. The van der Waals surface area contributed by atoms with Gasteiger partial charge >= 0.3 is 0 Å². The molecule has 0 fully saturated rings. The van der Waals surface area contributed by atoms with Gasteiger partial charge in [-0.1, -0.05) is 18.2 Å². The Labute approximate surface area is 78.1 Å². The van der Waals surface area contributed by atoms with Crippen LogP contribution in [0.1, 0.15) is 6.92 Å². The molecule has 0 aromatic heterocycles.